The first-order chi connectivity index (χ1) is 14.9. The van der Waals surface area contributed by atoms with E-state index in [0.29, 0.717) is 33.1 Å². The number of carbonyl (C=O) groups excluding carboxylic acids is 1. The van der Waals surface area contributed by atoms with Gasteiger partial charge in [0.15, 0.2) is 0 Å². The molecule has 2 atom stereocenters. The summed E-state index contributed by atoms with van der Waals surface area (Å²) in [6.07, 6.45) is 3.07. The van der Waals surface area contributed by atoms with Crippen molar-refractivity contribution < 1.29 is 14.6 Å². The molecule has 0 aromatic heterocycles. The summed E-state index contributed by atoms with van der Waals surface area (Å²) in [5, 5.41) is 11.9. The topological polar surface area (TPSA) is 53.0 Å². The van der Waals surface area contributed by atoms with Crippen LogP contribution >= 0.6 is 34.8 Å². The second-order valence-electron chi connectivity index (χ2n) is 8.02. The first kappa shape index (κ1) is 22.7. The van der Waals surface area contributed by atoms with E-state index in [-0.39, 0.29) is 12.3 Å². The Morgan fingerprint density at radius 1 is 0.968 bits per heavy atom. The van der Waals surface area contributed by atoms with Crippen LogP contribution in [0.3, 0.4) is 0 Å². The van der Waals surface area contributed by atoms with Crippen molar-refractivity contribution in [3.05, 3.63) is 57.0 Å². The zero-order valence-corrected chi connectivity index (χ0v) is 19.3. The summed E-state index contributed by atoms with van der Waals surface area (Å²) in [4.78, 5) is 16.9. The number of aliphatic hydroxyl groups excluding tert-OH is 1. The molecule has 31 heavy (non-hydrogen) atoms. The predicted molar refractivity (Wildman–Crippen MR) is 125 cm³/mol. The maximum Gasteiger partial charge on any atom is 0.236 e. The quantitative estimate of drug-likeness (QED) is 0.602. The lowest BCUT2D eigenvalue weighted by molar-refractivity contribution is -0.118. The van der Waals surface area contributed by atoms with E-state index in [1.54, 1.807) is 36.4 Å². The standard InChI is InChI=1S/C23H25Cl3N2O3/c24-18-6-4-15(12-20(18)26)17-14-22(29)28(23(17)30)16-5-7-19(25)21(13-16)31-11-10-27-8-2-1-3-9-27/h4-7,12-13,17,22,29H,1-3,8-11,14H2. The minimum absolute atomic E-state index is 0.201. The molecule has 0 saturated carbocycles. The molecule has 2 fully saturated rings. The van der Waals surface area contributed by atoms with E-state index >= 15 is 0 Å². The lowest BCUT2D eigenvalue weighted by Gasteiger charge is -2.26. The minimum Gasteiger partial charge on any atom is -0.491 e. The second-order valence-corrected chi connectivity index (χ2v) is 9.24. The number of nitrogens with zero attached hydrogens (tertiary/aromatic N) is 2. The van der Waals surface area contributed by atoms with Crippen LogP contribution in [-0.4, -0.2) is 48.4 Å². The Hall–Kier alpha value is -1.50. The number of carbonyl (C=O) groups is 1. The van der Waals surface area contributed by atoms with Gasteiger partial charge >= 0.3 is 0 Å². The lowest BCUT2D eigenvalue weighted by Crippen LogP contribution is -2.34. The fourth-order valence-electron chi connectivity index (χ4n) is 4.26. The molecule has 8 heteroatoms. The van der Waals surface area contributed by atoms with E-state index in [1.165, 1.54) is 24.2 Å². The molecule has 1 N–H and O–H groups in total. The molecular formula is C23H25Cl3N2O3. The lowest BCUT2D eigenvalue weighted by atomic mass is 9.97. The third-order valence-electron chi connectivity index (χ3n) is 5.93. The van der Waals surface area contributed by atoms with Crippen LogP contribution < -0.4 is 9.64 Å². The number of ether oxygens (including phenoxy) is 1. The minimum atomic E-state index is -0.950. The van der Waals surface area contributed by atoms with Crippen LogP contribution in [0.2, 0.25) is 15.1 Å². The highest BCUT2D eigenvalue weighted by Gasteiger charge is 2.40. The van der Waals surface area contributed by atoms with Gasteiger partial charge in [-0.3, -0.25) is 14.6 Å². The van der Waals surface area contributed by atoms with E-state index in [2.05, 4.69) is 4.90 Å². The van der Waals surface area contributed by atoms with E-state index in [9.17, 15) is 9.90 Å². The number of aliphatic hydroxyl groups is 1. The van der Waals surface area contributed by atoms with Crippen molar-refractivity contribution in [2.45, 2.75) is 37.8 Å². The van der Waals surface area contributed by atoms with Crippen molar-refractivity contribution in [1.29, 1.82) is 0 Å². The summed E-state index contributed by atoms with van der Waals surface area (Å²) in [6, 6.07) is 10.2. The number of hydrogen-bond acceptors (Lipinski definition) is 4. The number of rotatable bonds is 6. The molecule has 166 valence electrons. The summed E-state index contributed by atoms with van der Waals surface area (Å²) < 4.78 is 5.93. The van der Waals surface area contributed by atoms with Gasteiger partial charge in [-0.05, 0) is 55.8 Å². The number of benzene rings is 2. The number of halogens is 3. The molecule has 2 unspecified atom stereocenters. The Morgan fingerprint density at radius 3 is 2.45 bits per heavy atom. The molecule has 2 aromatic carbocycles. The van der Waals surface area contributed by atoms with Crippen molar-refractivity contribution in [2.75, 3.05) is 31.1 Å². The van der Waals surface area contributed by atoms with Crippen LogP contribution in [0.5, 0.6) is 5.75 Å². The van der Waals surface area contributed by atoms with Gasteiger partial charge < -0.3 is 9.84 Å². The number of hydrogen-bond donors (Lipinski definition) is 1. The Morgan fingerprint density at radius 2 is 1.71 bits per heavy atom. The van der Waals surface area contributed by atoms with Crippen molar-refractivity contribution in [3.8, 4) is 5.75 Å². The highest BCUT2D eigenvalue weighted by Crippen LogP contribution is 2.39. The van der Waals surface area contributed by atoms with Crippen LogP contribution in [0.15, 0.2) is 36.4 Å². The Kier molecular flexibility index (Phi) is 7.29. The third-order valence-corrected chi connectivity index (χ3v) is 6.98. The average Bonchev–Trinajstić information content (AvgIpc) is 3.06. The molecule has 0 spiro atoms. The van der Waals surface area contributed by atoms with Crippen LogP contribution in [-0.2, 0) is 4.79 Å². The summed E-state index contributed by atoms with van der Waals surface area (Å²) in [6.45, 7) is 3.56. The molecule has 1 amide bonds. The first-order valence-corrected chi connectivity index (χ1v) is 11.7. The fourth-order valence-corrected chi connectivity index (χ4v) is 4.74. The molecule has 2 aromatic rings. The summed E-state index contributed by atoms with van der Waals surface area (Å²) in [5.41, 5.74) is 1.28. The van der Waals surface area contributed by atoms with Crippen LogP contribution in [0.25, 0.3) is 0 Å². The smallest absolute Gasteiger partial charge is 0.236 e. The maximum atomic E-state index is 13.1. The zero-order chi connectivity index (χ0) is 22.0. The van der Waals surface area contributed by atoms with Gasteiger partial charge in [-0.1, -0.05) is 47.3 Å². The zero-order valence-electron chi connectivity index (χ0n) is 17.1. The Balaban J connectivity index is 1.47. The summed E-state index contributed by atoms with van der Waals surface area (Å²) in [5.74, 6) is -0.189. The maximum absolute atomic E-state index is 13.1. The summed E-state index contributed by atoms with van der Waals surface area (Å²) >= 11 is 18.4. The van der Waals surface area contributed by atoms with E-state index in [4.69, 9.17) is 39.5 Å². The number of likely N-dealkylation sites (tertiary alicyclic amines) is 1. The molecule has 4 rings (SSSR count). The third kappa shape index (κ3) is 5.12. The highest BCUT2D eigenvalue weighted by atomic mass is 35.5. The molecule has 0 aliphatic carbocycles. The van der Waals surface area contributed by atoms with Gasteiger partial charge in [-0.25, -0.2) is 0 Å². The fraction of sp³-hybridized carbons (Fsp3) is 0.435. The van der Waals surface area contributed by atoms with E-state index in [0.717, 1.165) is 25.2 Å². The Labute approximate surface area is 197 Å². The molecule has 2 saturated heterocycles. The number of anilines is 1. The van der Waals surface area contributed by atoms with Crippen molar-refractivity contribution in [2.24, 2.45) is 0 Å². The normalized spacial score (nSPS) is 22.2. The van der Waals surface area contributed by atoms with Crippen molar-refractivity contribution in [3.63, 3.8) is 0 Å². The van der Waals surface area contributed by atoms with E-state index in [1.807, 2.05) is 0 Å². The van der Waals surface area contributed by atoms with Crippen molar-refractivity contribution >= 4 is 46.4 Å². The van der Waals surface area contributed by atoms with Crippen LogP contribution in [0, 0.1) is 0 Å². The first-order valence-electron chi connectivity index (χ1n) is 10.5. The monoisotopic (exact) mass is 482 g/mol. The molecular weight excluding hydrogens is 459 g/mol. The SMILES string of the molecule is O=C1C(c2ccc(Cl)c(Cl)c2)CC(O)N1c1ccc(Cl)c(OCCN2CCCCC2)c1. The second kappa shape index (κ2) is 9.97. The number of piperidine rings is 1. The van der Waals surface area contributed by atoms with Gasteiger partial charge in [-0.2, -0.15) is 0 Å². The predicted octanol–water partition coefficient (Wildman–Crippen LogP) is 5.35. The van der Waals surface area contributed by atoms with Gasteiger partial charge in [0.1, 0.15) is 18.6 Å². The van der Waals surface area contributed by atoms with E-state index < -0.39 is 12.1 Å². The Bertz CT molecular complexity index is 950. The highest BCUT2D eigenvalue weighted by molar-refractivity contribution is 6.42. The molecule has 0 bridgehead atoms. The largest absolute Gasteiger partial charge is 0.491 e. The van der Waals surface area contributed by atoms with Gasteiger partial charge in [0.2, 0.25) is 5.91 Å². The number of amides is 1. The van der Waals surface area contributed by atoms with Gasteiger partial charge in [0, 0.05) is 19.0 Å². The van der Waals surface area contributed by atoms with Gasteiger partial charge in [0.25, 0.3) is 0 Å². The summed E-state index contributed by atoms with van der Waals surface area (Å²) in [7, 11) is 0. The van der Waals surface area contributed by atoms with Crippen LogP contribution in [0.1, 0.15) is 37.2 Å². The van der Waals surface area contributed by atoms with Crippen LogP contribution in [0.4, 0.5) is 5.69 Å². The average molecular weight is 484 g/mol. The molecule has 2 aliphatic rings. The molecule has 5 nitrogen and oxygen atoms in total. The van der Waals surface area contributed by atoms with Gasteiger partial charge in [0.05, 0.1) is 26.7 Å². The van der Waals surface area contributed by atoms with Gasteiger partial charge in [-0.15, -0.1) is 0 Å². The molecule has 0 radical (unpaired) electrons. The molecule has 2 heterocycles. The molecule has 2 aliphatic heterocycles. The van der Waals surface area contributed by atoms with Crippen molar-refractivity contribution in [1.82, 2.24) is 4.90 Å².